The van der Waals surface area contributed by atoms with Gasteiger partial charge in [0.2, 0.25) is 5.91 Å². The Morgan fingerprint density at radius 3 is 2.71 bits per heavy atom. The highest BCUT2D eigenvalue weighted by Gasteiger charge is 2.29. The number of ether oxygens (including phenoxy) is 1. The fraction of sp³-hybridized carbons (Fsp3) is 0.471. The van der Waals surface area contributed by atoms with Gasteiger partial charge in [-0.05, 0) is 37.7 Å². The number of esters is 1. The quantitative estimate of drug-likeness (QED) is 0.607. The van der Waals surface area contributed by atoms with E-state index >= 15 is 0 Å². The van der Waals surface area contributed by atoms with Crippen LogP contribution in [0.25, 0.3) is 0 Å². The lowest BCUT2D eigenvalue weighted by Crippen LogP contribution is -2.16. The molecule has 0 fully saturated rings. The molecule has 0 unspecified atom stereocenters. The molecule has 24 heavy (non-hydrogen) atoms. The zero-order chi connectivity index (χ0) is 17.7. The molecule has 1 heterocycles. The van der Waals surface area contributed by atoms with Crippen molar-refractivity contribution in [1.29, 1.82) is 0 Å². The molecule has 0 bridgehead atoms. The molecule has 1 aliphatic carbocycles. The van der Waals surface area contributed by atoms with Gasteiger partial charge in [0.25, 0.3) is 0 Å². The van der Waals surface area contributed by atoms with Gasteiger partial charge in [-0.2, -0.15) is 0 Å². The van der Waals surface area contributed by atoms with Gasteiger partial charge in [-0.15, -0.1) is 11.3 Å². The van der Waals surface area contributed by atoms with Crippen molar-refractivity contribution in [3.05, 3.63) is 28.2 Å². The average molecular weight is 351 g/mol. The Morgan fingerprint density at radius 2 is 2.08 bits per heavy atom. The zero-order valence-corrected chi connectivity index (χ0v) is 14.6. The molecule has 1 aromatic heterocycles. The molecule has 1 aliphatic rings. The number of carboxylic acid groups (broad SMARTS) is 1. The van der Waals surface area contributed by atoms with Gasteiger partial charge in [0.1, 0.15) is 5.00 Å². The lowest BCUT2D eigenvalue weighted by molar-refractivity contribution is -0.131. The van der Waals surface area contributed by atoms with Crippen molar-refractivity contribution in [2.45, 2.75) is 39.5 Å². The summed E-state index contributed by atoms with van der Waals surface area (Å²) in [7, 11) is 0. The van der Waals surface area contributed by atoms with Crippen molar-refractivity contribution in [2.24, 2.45) is 5.92 Å². The summed E-state index contributed by atoms with van der Waals surface area (Å²) in [5, 5.41) is 11.7. The highest BCUT2D eigenvalue weighted by atomic mass is 32.1. The Balaban J connectivity index is 2.32. The van der Waals surface area contributed by atoms with E-state index in [9.17, 15) is 14.4 Å². The second-order valence-electron chi connectivity index (χ2n) is 5.61. The van der Waals surface area contributed by atoms with E-state index in [2.05, 4.69) is 12.2 Å². The number of hydrogen-bond donors (Lipinski definition) is 2. The maximum Gasteiger partial charge on any atom is 0.341 e. The Labute approximate surface area is 144 Å². The number of rotatable bonds is 6. The van der Waals surface area contributed by atoms with Gasteiger partial charge >= 0.3 is 11.9 Å². The van der Waals surface area contributed by atoms with Crippen molar-refractivity contribution < 1.29 is 24.2 Å². The lowest BCUT2D eigenvalue weighted by atomic mass is 9.85. The topological polar surface area (TPSA) is 92.7 Å². The first-order valence-corrected chi connectivity index (χ1v) is 8.81. The number of amides is 1. The highest BCUT2D eigenvalue weighted by Crippen LogP contribution is 2.40. The predicted octanol–water partition coefficient (Wildman–Crippen LogP) is 3.02. The van der Waals surface area contributed by atoms with Crippen LogP contribution in [0, 0.1) is 5.92 Å². The van der Waals surface area contributed by atoms with Gasteiger partial charge in [0, 0.05) is 17.0 Å². The fourth-order valence-corrected chi connectivity index (χ4v) is 4.16. The first-order valence-electron chi connectivity index (χ1n) is 7.99. The van der Waals surface area contributed by atoms with Gasteiger partial charge in [0.15, 0.2) is 0 Å². The first-order chi connectivity index (χ1) is 11.5. The van der Waals surface area contributed by atoms with Gasteiger partial charge < -0.3 is 15.2 Å². The van der Waals surface area contributed by atoms with Gasteiger partial charge in [0.05, 0.1) is 12.2 Å². The average Bonchev–Trinajstić information content (AvgIpc) is 2.89. The van der Waals surface area contributed by atoms with Crippen molar-refractivity contribution >= 4 is 34.2 Å². The number of hydrogen-bond acceptors (Lipinski definition) is 5. The van der Waals surface area contributed by atoms with Crippen molar-refractivity contribution in [2.75, 3.05) is 11.9 Å². The number of thiophene rings is 1. The molecule has 7 heteroatoms. The van der Waals surface area contributed by atoms with Gasteiger partial charge in [-0.1, -0.05) is 13.3 Å². The molecule has 1 atom stereocenters. The van der Waals surface area contributed by atoms with Crippen LogP contribution in [-0.2, 0) is 27.2 Å². The SMILES string of the molecule is CCOC(=O)c1c(NC(=O)/C=C/C(=O)O)sc2c1CC[C@H](CC)C2. The van der Waals surface area contributed by atoms with Crippen LogP contribution >= 0.6 is 11.3 Å². The molecule has 0 radical (unpaired) electrons. The number of carbonyl (C=O) groups excluding carboxylic acids is 2. The van der Waals surface area contributed by atoms with E-state index in [1.54, 1.807) is 6.92 Å². The smallest absolute Gasteiger partial charge is 0.341 e. The molecule has 2 N–H and O–H groups in total. The summed E-state index contributed by atoms with van der Waals surface area (Å²) >= 11 is 1.38. The molecule has 0 aromatic carbocycles. The number of carboxylic acids is 1. The van der Waals surface area contributed by atoms with Crippen LogP contribution in [0.2, 0.25) is 0 Å². The van der Waals surface area contributed by atoms with Crippen LogP contribution in [0.3, 0.4) is 0 Å². The van der Waals surface area contributed by atoms with E-state index in [-0.39, 0.29) is 6.61 Å². The number of anilines is 1. The fourth-order valence-electron chi connectivity index (χ4n) is 2.81. The van der Waals surface area contributed by atoms with Gasteiger partial charge in [-0.3, -0.25) is 4.79 Å². The summed E-state index contributed by atoms with van der Waals surface area (Å²) in [6.07, 6.45) is 5.47. The third-order valence-corrected chi connectivity index (χ3v) is 5.21. The Bertz CT molecular complexity index is 677. The highest BCUT2D eigenvalue weighted by molar-refractivity contribution is 7.17. The minimum Gasteiger partial charge on any atom is -0.478 e. The Hall–Kier alpha value is -2.15. The van der Waals surface area contributed by atoms with E-state index in [1.165, 1.54) is 11.3 Å². The predicted molar refractivity (Wildman–Crippen MR) is 91.5 cm³/mol. The molecular weight excluding hydrogens is 330 g/mol. The van der Waals surface area contributed by atoms with Crippen molar-refractivity contribution in [3.8, 4) is 0 Å². The second kappa shape index (κ2) is 8.10. The summed E-state index contributed by atoms with van der Waals surface area (Å²) in [6.45, 7) is 4.14. The van der Waals surface area contributed by atoms with Crippen LogP contribution in [0.5, 0.6) is 0 Å². The second-order valence-corrected chi connectivity index (χ2v) is 6.71. The molecule has 1 amide bonds. The standard InChI is InChI=1S/C17H21NO5S/c1-3-10-5-6-11-12(9-10)24-16(15(11)17(22)23-4-2)18-13(19)7-8-14(20)21/h7-8,10H,3-6,9H2,1-2H3,(H,18,19)(H,20,21)/b8-7+/t10-/m0/s1. The Kier molecular flexibility index (Phi) is 6.14. The van der Waals surface area contributed by atoms with Crippen LogP contribution in [0.4, 0.5) is 5.00 Å². The van der Waals surface area contributed by atoms with E-state index in [0.717, 1.165) is 48.3 Å². The van der Waals surface area contributed by atoms with Crippen LogP contribution in [-0.4, -0.2) is 29.6 Å². The number of carbonyl (C=O) groups is 3. The van der Waals surface area contributed by atoms with Crippen LogP contribution in [0.15, 0.2) is 12.2 Å². The summed E-state index contributed by atoms with van der Waals surface area (Å²) in [4.78, 5) is 35.8. The summed E-state index contributed by atoms with van der Waals surface area (Å²) in [5.41, 5.74) is 1.38. The molecule has 0 saturated carbocycles. The first kappa shape index (κ1) is 18.2. The largest absolute Gasteiger partial charge is 0.478 e. The summed E-state index contributed by atoms with van der Waals surface area (Å²) in [6, 6.07) is 0. The van der Waals surface area contributed by atoms with Crippen LogP contribution in [0.1, 0.15) is 47.5 Å². The summed E-state index contributed by atoms with van der Waals surface area (Å²) in [5.74, 6) is -1.63. The minimum atomic E-state index is -1.20. The van der Waals surface area contributed by atoms with E-state index in [4.69, 9.17) is 9.84 Å². The molecule has 0 spiro atoms. The van der Waals surface area contributed by atoms with E-state index < -0.39 is 17.8 Å². The monoisotopic (exact) mass is 351 g/mol. The molecule has 130 valence electrons. The van der Waals surface area contributed by atoms with Crippen molar-refractivity contribution in [3.63, 3.8) is 0 Å². The number of nitrogens with one attached hydrogen (secondary N) is 1. The Morgan fingerprint density at radius 1 is 1.33 bits per heavy atom. The molecule has 1 aromatic rings. The number of fused-ring (bicyclic) bond motifs is 1. The van der Waals surface area contributed by atoms with Crippen LogP contribution < -0.4 is 5.32 Å². The zero-order valence-electron chi connectivity index (χ0n) is 13.8. The van der Waals surface area contributed by atoms with E-state index in [0.29, 0.717) is 16.5 Å². The van der Waals surface area contributed by atoms with Gasteiger partial charge in [-0.25, -0.2) is 9.59 Å². The minimum absolute atomic E-state index is 0.257. The van der Waals surface area contributed by atoms with E-state index in [1.807, 2.05) is 0 Å². The molecule has 0 saturated heterocycles. The lowest BCUT2D eigenvalue weighted by Gasteiger charge is -2.20. The molecule has 0 aliphatic heterocycles. The maximum atomic E-state index is 12.3. The summed E-state index contributed by atoms with van der Waals surface area (Å²) < 4.78 is 5.13. The third-order valence-electron chi connectivity index (χ3n) is 4.04. The molecule has 2 rings (SSSR count). The maximum absolute atomic E-state index is 12.3. The molecular formula is C17H21NO5S. The number of aliphatic carboxylic acids is 1. The normalized spacial score (nSPS) is 16.7. The third kappa shape index (κ3) is 4.23. The molecule has 6 nitrogen and oxygen atoms in total. The van der Waals surface area contributed by atoms with Crippen molar-refractivity contribution in [1.82, 2.24) is 0 Å².